The highest BCUT2D eigenvalue weighted by Gasteiger charge is 2.20. The molecule has 0 aliphatic heterocycles. The highest BCUT2D eigenvalue weighted by Crippen LogP contribution is 2.34. The van der Waals surface area contributed by atoms with Crippen LogP contribution in [0.5, 0.6) is 0 Å². The molecule has 27 heavy (non-hydrogen) atoms. The number of thioether (sulfide) groups is 1. The maximum Gasteiger partial charge on any atom is 0.247 e. The molecular formula is C19H18N6OS. The predicted molar refractivity (Wildman–Crippen MR) is 103 cm³/mol. The second kappa shape index (κ2) is 7.32. The van der Waals surface area contributed by atoms with Gasteiger partial charge in [0.25, 0.3) is 0 Å². The SMILES string of the molecule is Cc1cccc(-c2nnc([C@@H](C)Sc3nnnn3-c3ccccc3C)o2)c1. The summed E-state index contributed by atoms with van der Waals surface area (Å²) in [5.41, 5.74) is 4.10. The first-order valence-corrected chi connectivity index (χ1v) is 9.41. The van der Waals surface area contributed by atoms with E-state index in [-0.39, 0.29) is 5.25 Å². The van der Waals surface area contributed by atoms with Crippen molar-refractivity contribution in [1.29, 1.82) is 0 Å². The molecule has 0 unspecified atom stereocenters. The summed E-state index contributed by atoms with van der Waals surface area (Å²) in [6.45, 7) is 6.06. The number of aromatic nitrogens is 6. The first-order chi connectivity index (χ1) is 13.1. The zero-order valence-corrected chi connectivity index (χ0v) is 16.0. The van der Waals surface area contributed by atoms with Gasteiger partial charge in [-0.2, -0.15) is 4.68 Å². The van der Waals surface area contributed by atoms with Gasteiger partial charge in [0.05, 0.1) is 10.9 Å². The van der Waals surface area contributed by atoms with E-state index in [1.807, 2.05) is 69.3 Å². The van der Waals surface area contributed by atoms with Crippen LogP contribution in [-0.2, 0) is 0 Å². The van der Waals surface area contributed by atoms with Crippen LogP contribution in [0.2, 0.25) is 0 Å². The van der Waals surface area contributed by atoms with E-state index in [1.165, 1.54) is 11.8 Å². The Morgan fingerprint density at radius 2 is 1.85 bits per heavy atom. The van der Waals surface area contributed by atoms with Crippen molar-refractivity contribution in [2.45, 2.75) is 31.2 Å². The van der Waals surface area contributed by atoms with Crippen LogP contribution in [0.1, 0.15) is 29.2 Å². The van der Waals surface area contributed by atoms with E-state index in [9.17, 15) is 0 Å². The first kappa shape index (κ1) is 17.4. The fraction of sp³-hybridized carbons (Fsp3) is 0.211. The summed E-state index contributed by atoms with van der Waals surface area (Å²) >= 11 is 1.48. The Hall–Kier alpha value is -3.00. The molecule has 0 saturated carbocycles. The molecule has 1 atom stereocenters. The van der Waals surface area contributed by atoms with E-state index in [1.54, 1.807) is 4.68 Å². The van der Waals surface area contributed by atoms with Crippen LogP contribution in [0, 0.1) is 13.8 Å². The Bertz CT molecular complexity index is 1070. The van der Waals surface area contributed by atoms with Gasteiger partial charge in [0.15, 0.2) is 0 Å². The molecule has 0 amide bonds. The van der Waals surface area contributed by atoms with Crippen LogP contribution in [0.25, 0.3) is 17.1 Å². The van der Waals surface area contributed by atoms with Gasteiger partial charge in [0.1, 0.15) is 0 Å². The minimum absolute atomic E-state index is 0.0928. The fourth-order valence-electron chi connectivity index (χ4n) is 2.71. The van der Waals surface area contributed by atoms with E-state index in [4.69, 9.17) is 4.42 Å². The van der Waals surface area contributed by atoms with Crippen LogP contribution < -0.4 is 0 Å². The lowest BCUT2D eigenvalue weighted by Crippen LogP contribution is -2.02. The lowest BCUT2D eigenvalue weighted by atomic mass is 10.1. The standard InChI is InChI=1S/C19H18N6OS/c1-12-7-6-9-15(11-12)18-21-20-17(26-18)14(3)27-19-22-23-24-25(19)16-10-5-4-8-13(16)2/h4-11,14H,1-3H3/t14-/m1/s1. The van der Waals surface area contributed by atoms with Crippen molar-refractivity contribution in [3.05, 3.63) is 65.5 Å². The van der Waals surface area contributed by atoms with E-state index in [0.29, 0.717) is 16.9 Å². The number of hydrogen-bond donors (Lipinski definition) is 0. The van der Waals surface area contributed by atoms with E-state index in [0.717, 1.165) is 22.4 Å². The molecule has 2 aromatic heterocycles. The molecule has 2 heterocycles. The largest absolute Gasteiger partial charge is 0.419 e. The zero-order valence-electron chi connectivity index (χ0n) is 15.2. The van der Waals surface area contributed by atoms with Crippen LogP contribution in [0.4, 0.5) is 0 Å². The Morgan fingerprint density at radius 3 is 2.67 bits per heavy atom. The predicted octanol–water partition coefficient (Wildman–Crippen LogP) is 4.18. The molecule has 0 fully saturated rings. The Morgan fingerprint density at radius 1 is 1.00 bits per heavy atom. The summed E-state index contributed by atoms with van der Waals surface area (Å²) in [5.74, 6) is 1.05. The molecule has 0 aliphatic carbocycles. The van der Waals surface area contributed by atoms with Gasteiger partial charge in [0.2, 0.25) is 16.9 Å². The molecule has 0 spiro atoms. The maximum absolute atomic E-state index is 5.88. The number of tetrazole rings is 1. The van der Waals surface area contributed by atoms with Crippen LogP contribution in [-0.4, -0.2) is 30.4 Å². The van der Waals surface area contributed by atoms with E-state index < -0.39 is 0 Å². The van der Waals surface area contributed by atoms with Gasteiger partial charge in [-0.3, -0.25) is 0 Å². The van der Waals surface area contributed by atoms with Gasteiger partial charge in [-0.1, -0.05) is 47.7 Å². The Kier molecular flexibility index (Phi) is 4.72. The normalized spacial score (nSPS) is 12.3. The third kappa shape index (κ3) is 3.61. The smallest absolute Gasteiger partial charge is 0.247 e. The van der Waals surface area contributed by atoms with Crippen LogP contribution in [0.3, 0.4) is 0 Å². The first-order valence-electron chi connectivity index (χ1n) is 8.53. The van der Waals surface area contributed by atoms with Gasteiger partial charge in [-0.15, -0.1) is 15.3 Å². The van der Waals surface area contributed by atoms with Crippen molar-refractivity contribution >= 4 is 11.8 Å². The molecule has 4 aromatic rings. The lowest BCUT2D eigenvalue weighted by Gasteiger charge is -2.09. The summed E-state index contributed by atoms with van der Waals surface area (Å²) in [5, 5.41) is 21.1. The summed E-state index contributed by atoms with van der Waals surface area (Å²) in [6, 6.07) is 16.0. The molecule has 0 bridgehead atoms. The van der Waals surface area contributed by atoms with Gasteiger partial charge in [-0.05, 0) is 55.0 Å². The van der Waals surface area contributed by atoms with Gasteiger partial charge < -0.3 is 4.42 Å². The van der Waals surface area contributed by atoms with Crippen molar-refractivity contribution < 1.29 is 4.42 Å². The molecule has 0 saturated heterocycles. The molecule has 7 nitrogen and oxygen atoms in total. The van der Waals surface area contributed by atoms with Crippen molar-refractivity contribution in [3.63, 3.8) is 0 Å². The molecule has 0 aliphatic rings. The number of hydrogen-bond acceptors (Lipinski definition) is 7. The van der Waals surface area contributed by atoms with Crippen molar-refractivity contribution in [1.82, 2.24) is 30.4 Å². The molecule has 2 aromatic carbocycles. The number of nitrogens with zero attached hydrogens (tertiary/aromatic N) is 6. The fourth-order valence-corrected chi connectivity index (χ4v) is 3.54. The van der Waals surface area contributed by atoms with Crippen LogP contribution in [0.15, 0.2) is 58.1 Å². The molecule has 4 rings (SSSR count). The molecule has 0 radical (unpaired) electrons. The van der Waals surface area contributed by atoms with Crippen molar-refractivity contribution in [2.75, 3.05) is 0 Å². The molecule has 0 N–H and O–H groups in total. The highest BCUT2D eigenvalue weighted by molar-refractivity contribution is 7.99. The highest BCUT2D eigenvalue weighted by atomic mass is 32.2. The second-order valence-electron chi connectivity index (χ2n) is 6.23. The summed E-state index contributed by atoms with van der Waals surface area (Å²) in [6.07, 6.45) is 0. The molecular weight excluding hydrogens is 360 g/mol. The summed E-state index contributed by atoms with van der Waals surface area (Å²) in [7, 11) is 0. The van der Waals surface area contributed by atoms with Gasteiger partial charge >= 0.3 is 0 Å². The number of benzene rings is 2. The van der Waals surface area contributed by atoms with Gasteiger partial charge in [0, 0.05) is 5.56 Å². The minimum Gasteiger partial charge on any atom is -0.419 e. The second-order valence-corrected chi connectivity index (χ2v) is 7.54. The Balaban J connectivity index is 1.57. The monoisotopic (exact) mass is 378 g/mol. The minimum atomic E-state index is -0.0928. The zero-order chi connectivity index (χ0) is 18.8. The van der Waals surface area contributed by atoms with E-state index >= 15 is 0 Å². The number of rotatable bonds is 5. The van der Waals surface area contributed by atoms with Crippen molar-refractivity contribution in [2.24, 2.45) is 0 Å². The van der Waals surface area contributed by atoms with Crippen LogP contribution >= 0.6 is 11.8 Å². The molecule has 8 heteroatoms. The maximum atomic E-state index is 5.88. The summed E-state index contributed by atoms with van der Waals surface area (Å²) < 4.78 is 7.61. The quantitative estimate of drug-likeness (QED) is 0.482. The lowest BCUT2D eigenvalue weighted by molar-refractivity contribution is 0.508. The Labute approximate surface area is 160 Å². The molecule has 136 valence electrons. The average molecular weight is 378 g/mol. The number of para-hydroxylation sites is 1. The third-order valence-corrected chi connectivity index (χ3v) is 5.14. The summed E-state index contributed by atoms with van der Waals surface area (Å²) in [4.78, 5) is 0. The van der Waals surface area contributed by atoms with Gasteiger partial charge in [-0.25, -0.2) is 0 Å². The average Bonchev–Trinajstić information content (AvgIpc) is 3.32. The van der Waals surface area contributed by atoms with Crippen molar-refractivity contribution in [3.8, 4) is 17.1 Å². The topological polar surface area (TPSA) is 82.5 Å². The number of aryl methyl sites for hydroxylation is 2. The third-order valence-electron chi connectivity index (χ3n) is 4.12. The van der Waals surface area contributed by atoms with E-state index in [2.05, 4.69) is 25.7 Å².